The van der Waals surface area contributed by atoms with Gasteiger partial charge in [0.15, 0.2) is 0 Å². The zero-order valence-corrected chi connectivity index (χ0v) is 11.3. The molecule has 0 radical (unpaired) electrons. The van der Waals surface area contributed by atoms with E-state index in [1.54, 1.807) is 0 Å². The van der Waals surface area contributed by atoms with Crippen LogP contribution in [0.2, 0.25) is 0 Å². The second-order valence-corrected chi connectivity index (χ2v) is 4.72. The largest absolute Gasteiger partial charge is 0.489 e. The van der Waals surface area contributed by atoms with Crippen LogP contribution in [0, 0.1) is 0 Å². The lowest BCUT2D eigenvalue weighted by Crippen LogP contribution is -2.38. The van der Waals surface area contributed by atoms with Crippen LogP contribution in [0.15, 0.2) is 42.5 Å². The van der Waals surface area contributed by atoms with Crippen LogP contribution in [0.25, 0.3) is 11.1 Å². The molecule has 0 aromatic heterocycles. The molecular formula is C14H9BF6O2. The van der Waals surface area contributed by atoms with Crippen LogP contribution in [0.5, 0.6) is 0 Å². The topological polar surface area (TPSA) is 40.5 Å². The lowest BCUT2D eigenvalue weighted by atomic mass is 9.71. The summed E-state index contributed by atoms with van der Waals surface area (Å²) in [6.07, 6.45) is -10.2. The lowest BCUT2D eigenvalue weighted by Gasteiger charge is -2.20. The van der Waals surface area contributed by atoms with Crippen LogP contribution in [0.4, 0.5) is 26.3 Å². The van der Waals surface area contributed by atoms with Crippen molar-refractivity contribution in [2.75, 3.05) is 0 Å². The van der Waals surface area contributed by atoms with Crippen LogP contribution < -0.4 is 5.46 Å². The summed E-state index contributed by atoms with van der Waals surface area (Å²) >= 11 is 0. The normalized spacial score (nSPS) is 12.3. The summed E-state index contributed by atoms with van der Waals surface area (Å²) in [5.41, 5.74) is -4.80. The Kier molecular flexibility index (Phi) is 4.45. The first-order valence-corrected chi connectivity index (χ1v) is 6.25. The quantitative estimate of drug-likeness (QED) is 0.655. The summed E-state index contributed by atoms with van der Waals surface area (Å²) in [6.45, 7) is 0. The number of hydrogen-bond acceptors (Lipinski definition) is 2. The third kappa shape index (κ3) is 3.68. The molecule has 23 heavy (non-hydrogen) atoms. The van der Waals surface area contributed by atoms with Gasteiger partial charge in [-0.25, -0.2) is 0 Å². The molecule has 2 aromatic carbocycles. The average Bonchev–Trinajstić information content (AvgIpc) is 2.44. The predicted octanol–water partition coefficient (Wildman–Crippen LogP) is 3.07. The Balaban J connectivity index is 2.87. The van der Waals surface area contributed by atoms with Gasteiger partial charge in [-0.1, -0.05) is 30.3 Å². The van der Waals surface area contributed by atoms with Gasteiger partial charge in [-0.3, -0.25) is 0 Å². The molecule has 0 atom stereocenters. The summed E-state index contributed by atoms with van der Waals surface area (Å²) < 4.78 is 77.9. The van der Waals surface area contributed by atoms with E-state index < -0.39 is 41.6 Å². The second-order valence-electron chi connectivity index (χ2n) is 4.72. The molecule has 0 aliphatic heterocycles. The Morgan fingerprint density at radius 2 is 1.35 bits per heavy atom. The zero-order valence-electron chi connectivity index (χ0n) is 11.3. The first-order chi connectivity index (χ1) is 10.5. The number of halogens is 6. The maximum absolute atomic E-state index is 13.1. The highest BCUT2D eigenvalue weighted by Crippen LogP contribution is 2.37. The summed E-state index contributed by atoms with van der Waals surface area (Å²) in [5.74, 6) is 0. The van der Waals surface area contributed by atoms with Crippen molar-refractivity contribution in [1.29, 1.82) is 0 Å². The molecule has 9 heteroatoms. The maximum Gasteiger partial charge on any atom is 0.489 e. The molecule has 0 saturated heterocycles. The molecule has 0 fully saturated rings. The molecule has 2 nitrogen and oxygen atoms in total. The van der Waals surface area contributed by atoms with E-state index in [2.05, 4.69) is 0 Å². The second kappa shape index (κ2) is 5.90. The Morgan fingerprint density at radius 3 is 1.78 bits per heavy atom. The van der Waals surface area contributed by atoms with Crippen molar-refractivity contribution < 1.29 is 36.4 Å². The van der Waals surface area contributed by atoms with Gasteiger partial charge in [0, 0.05) is 5.46 Å². The molecule has 0 aliphatic rings. The standard InChI is InChI=1S/C14H9BF6O2/c16-13(17,18)9-6-10(8-4-2-1-3-5-8)12(15(22)23)11(7-9)14(19,20)21/h1-7,22-23H. The molecule has 0 bridgehead atoms. The maximum atomic E-state index is 13.1. The Bertz CT molecular complexity index is 695. The SMILES string of the molecule is OB(O)c1c(-c2ccccc2)cc(C(F)(F)F)cc1C(F)(F)F. The minimum Gasteiger partial charge on any atom is -0.423 e. The van der Waals surface area contributed by atoms with Gasteiger partial charge in [-0.2, -0.15) is 26.3 Å². The predicted molar refractivity (Wildman–Crippen MR) is 71.7 cm³/mol. The van der Waals surface area contributed by atoms with Crippen molar-refractivity contribution in [3.8, 4) is 11.1 Å². The van der Waals surface area contributed by atoms with Gasteiger partial charge in [0.1, 0.15) is 0 Å². The summed E-state index contributed by atoms with van der Waals surface area (Å²) in [7, 11) is -2.58. The molecule has 0 aliphatic carbocycles. The van der Waals surface area contributed by atoms with Crippen LogP contribution in [-0.4, -0.2) is 17.2 Å². The van der Waals surface area contributed by atoms with Gasteiger partial charge in [0.05, 0.1) is 11.1 Å². The molecule has 0 heterocycles. The van der Waals surface area contributed by atoms with E-state index >= 15 is 0 Å². The minimum atomic E-state index is -5.18. The van der Waals surface area contributed by atoms with E-state index in [1.807, 2.05) is 0 Å². The van der Waals surface area contributed by atoms with E-state index in [9.17, 15) is 36.4 Å². The zero-order chi connectivity index (χ0) is 17.4. The van der Waals surface area contributed by atoms with Crippen LogP contribution >= 0.6 is 0 Å². The van der Waals surface area contributed by atoms with Gasteiger partial charge in [-0.15, -0.1) is 0 Å². The highest BCUT2D eigenvalue weighted by Gasteiger charge is 2.41. The van der Waals surface area contributed by atoms with E-state index in [0.717, 1.165) is 0 Å². The fourth-order valence-electron chi connectivity index (χ4n) is 2.19. The third-order valence-corrected chi connectivity index (χ3v) is 3.16. The fraction of sp³-hybridized carbons (Fsp3) is 0.143. The molecule has 2 aromatic rings. The molecule has 122 valence electrons. The van der Waals surface area contributed by atoms with Crippen molar-refractivity contribution >= 4 is 12.6 Å². The molecule has 0 saturated carbocycles. The van der Waals surface area contributed by atoms with Crippen LogP contribution in [0.1, 0.15) is 11.1 Å². The number of rotatable bonds is 2. The molecule has 0 unspecified atom stereocenters. The minimum absolute atomic E-state index is 0.00667. The van der Waals surface area contributed by atoms with Crippen molar-refractivity contribution in [3.63, 3.8) is 0 Å². The fourth-order valence-corrected chi connectivity index (χ4v) is 2.19. The Morgan fingerprint density at radius 1 is 0.783 bits per heavy atom. The van der Waals surface area contributed by atoms with Gasteiger partial charge in [0.25, 0.3) is 0 Å². The van der Waals surface area contributed by atoms with Crippen molar-refractivity contribution in [3.05, 3.63) is 53.6 Å². The molecule has 2 N–H and O–H groups in total. The van der Waals surface area contributed by atoms with Gasteiger partial charge in [-0.05, 0) is 23.3 Å². The van der Waals surface area contributed by atoms with Crippen LogP contribution in [0.3, 0.4) is 0 Å². The third-order valence-electron chi connectivity index (χ3n) is 3.16. The van der Waals surface area contributed by atoms with Crippen molar-refractivity contribution in [2.24, 2.45) is 0 Å². The molecule has 0 amide bonds. The van der Waals surface area contributed by atoms with Gasteiger partial charge < -0.3 is 10.0 Å². The highest BCUT2D eigenvalue weighted by molar-refractivity contribution is 6.61. The Hall–Kier alpha value is -2.00. The van der Waals surface area contributed by atoms with Gasteiger partial charge >= 0.3 is 19.5 Å². The monoisotopic (exact) mass is 334 g/mol. The van der Waals surface area contributed by atoms with Crippen LogP contribution in [-0.2, 0) is 12.4 Å². The summed E-state index contributed by atoms with van der Waals surface area (Å²) in [5, 5.41) is 18.6. The average molecular weight is 334 g/mol. The first-order valence-electron chi connectivity index (χ1n) is 6.25. The lowest BCUT2D eigenvalue weighted by molar-refractivity contribution is -0.142. The molecule has 0 spiro atoms. The van der Waals surface area contributed by atoms with E-state index in [-0.39, 0.29) is 11.6 Å². The number of alkyl halides is 6. The number of benzene rings is 2. The number of hydrogen-bond donors (Lipinski definition) is 2. The highest BCUT2D eigenvalue weighted by atomic mass is 19.4. The first kappa shape index (κ1) is 17.4. The molecule has 2 rings (SSSR count). The van der Waals surface area contributed by atoms with E-state index in [0.29, 0.717) is 6.07 Å². The van der Waals surface area contributed by atoms with Gasteiger partial charge in [0.2, 0.25) is 0 Å². The van der Waals surface area contributed by atoms with E-state index in [1.165, 1.54) is 30.3 Å². The summed E-state index contributed by atoms with van der Waals surface area (Å²) in [4.78, 5) is 0. The molecular weight excluding hydrogens is 325 g/mol. The van der Waals surface area contributed by atoms with Crippen molar-refractivity contribution in [1.82, 2.24) is 0 Å². The van der Waals surface area contributed by atoms with Crippen molar-refractivity contribution in [2.45, 2.75) is 12.4 Å². The summed E-state index contributed by atoms with van der Waals surface area (Å²) in [6, 6.07) is 7.26. The smallest absolute Gasteiger partial charge is 0.423 e. The van der Waals surface area contributed by atoms with E-state index in [4.69, 9.17) is 0 Å². The Labute approximate surface area is 127 Å².